The number of para-hydroxylation sites is 2. The SMILES string of the molecule is O=C(/C=C/C1=CCCC1)NNC(=O)[C@H]1COc2ccccc2O1. The molecule has 2 N–H and O–H groups in total. The number of carbonyl (C=O) groups is 2. The van der Waals surface area contributed by atoms with Gasteiger partial charge in [0.05, 0.1) is 0 Å². The largest absolute Gasteiger partial charge is 0.485 e. The minimum atomic E-state index is -0.799. The molecule has 1 atom stereocenters. The number of carbonyl (C=O) groups excluding carboxylic acids is 2. The molecule has 120 valence electrons. The van der Waals surface area contributed by atoms with E-state index in [2.05, 4.69) is 16.9 Å². The van der Waals surface area contributed by atoms with Gasteiger partial charge in [-0.25, -0.2) is 0 Å². The van der Waals surface area contributed by atoms with Gasteiger partial charge in [-0.15, -0.1) is 0 Å². The first-order valence-electron chi connectivity index (χ1n) is 7.58. The number of allylic oxidation sites excluding steroid dienone is 3. The summed E-state index contributed by atoms with van der Waals surface area (Å²) < 4.78 is 11.0. The summed E-state index contributed by atoms with van der Waals surface area (Å²) >= 11 is 0. The Morgan fingerprint density at radius 1 is 1.17 bits per heavy atom. The summed E-state index contributed by atoms with van der Waals surface area (Å²) in [6, 6.07) is 7.13. The third-order valence-electron chi connectivity index (χ3n) is 3.63. The van der Waals surface area contributed by atoms with Crippen LogP contribution in [0.2, 0.25) is 0 Å². The summed E-state index contributed by atoms with van der Waals surface area (Å²) in [5.74, 6) is 0.274. The van der Waals surface area contributed by atoms with Gasteiger partial charge < -0.3 is 9.47 Å². The van der Waals surface area contributed by atoms with Crippen molar-refractivity contribution in [2.75, 3.05) is 6.61 Å². The molecule has 1 aromatic carbocycles. The summed E-state index contributed by atoms with van der Waals surface area (Å²) in [5.41, 5.74) is 5.83. The van der Waals surface area contributed by atoms with Crippen molar-refractivity contribution in [3.8, 4) is 11.5 Å². The summed E-state index contributed by atoms with van der Waals surface area (Å²) in [7, 11) is 0. The molecule has 6 nitrogen and oxygen atoms in total. The van der Waals surface area contributed by atoms with E-state index in [1.807, 2.05) is 6.07 Å². The van der Waals surface area contributed by atoms with Crippen LogP contribution in [0.25, 0.3) is 0 Å². The molecule has 0 radical (unpaired) electrons. The minimum Gasteiger partial charge on any atom is -0.485 e. The molecular weight excluding hydrogens is 296 g/mol. The fourth-order valence-corrected chi connectivity index (χ4v) is 2.42. The summed E-state index contributed by atoms with van der Waals surface area (Å²) in [4.78, 5) is 23.7. The van der Waals surface area contributed by atoms with Crippen molar-refractivity contribution in [1.82, 2.24) is 10.9 Å². The zero-order valence-electron chi connectivity index (χ0n) is 12.6. The molecular formula is C17H18N2O4. The lowest BCUT2D eigenvalue weighted by molar-refractivity contribution is -0.134. The van der Waals surface area contributed by atoms with Gasteiger partial charge in [0.15, 0.2) is 11.5 Å². The van der Waals surface area contributed by atoms with Crippen molar-refractivity contribution < 1.29 is 19.1 Å². The van der Waals surface area contributed by atoms with Crippen molar-refractivity contribution in [3.05, 3.63) is 48.1 Å². The van der Waals surface area contributed by atoms with E-state index in [0.717, 1.165) is 24.8 Å². The number of amides is 2. The lowest BCUT2D eigenvalue weighted by atomic mass is 10.2. The van der Waals surface area contributed by atoms with Crippen LogP contribution in [0.3, 0.4) is 0 Å². The Labute approximate surface area is 134 Å². The van der Waals surface area contributed by atoms with Gasteiger partial charge in [-0.2, -0.15) is 0 Å². The Bertz CT molecular complexity index is 666. The normalized spacial score (nSPS) is 19.3. The fraction of sp³-hybridized carbons (Fsp3) is 0.294. The van der Waals surface area contributed by atoms with Crippen molar-refractivity contribution in [1.29, 1.82) is 0 Å². The zero-order valence-corrected chi connectivity index (χ0v) is 12.6. The first-order valence-corrected chi connectivity index (χ1v) is 7.58. The topological polar surface area (TPSA) is 76.7 Å². The molecule has 2 aliphatic rings. The number of hydrazine groups is 1. The first kappa shape index (κ1) is 15.1. The number of rotatable bonds is 3. The summed E-state index contributed by atoms with van der Waals surface area (Å²) in [6.07, 6.45) is 7.65. The number of hydrogen-bond donors (Lipinski definition) is 2. The van der Waals surface area contributed by atoms with Crippen molar-refractivity contribution in [3.63, 3.8) is 0 Å². The molecule has 1 aliphatic carbocycles. The maximum atomic E-state index is 12.0. The Balaban J connectivity index is 1.47. The molecule has 1 heterocycles. The van der Waals surface area contributed by atoms with Gasteiger partial charge in [-0.05, 0) is 31.4 Å². The Morgan fingerprint density at radius 3 is 2.78 bits per heavy atom. The molecule has 1 aromatic rings. The van der Waals surface area contributed by atoms with Gasteiger partial charge in [0.2, 0.25) is 6.10 Å². The smallest absolute Gasteiger partial charge is 0.283 e. The van der Waals surface area contributed by atoms with Gasteiger partial charge in [0.25, 0.3) is 11.8 Å². The van der Waals surface area contributed by atoms with E-state index in [-0.39, 0.29) is 12.5 Å². The molecule has 0 aromatic heterocycles. The van der Waals surface area contributed by atoms with Crippen LogP contribution in [-0.2, 0) is 9.59 Å². The van der Waals surface area contributed by atoms with Crippen LogP contribution < -0.4 is 20.3 Å². The van der Waals surface area contributed by atoms with E-state index in [1.165, 1.54) is 6.08 Å². The molecule has 0 fully saturated rings. The second-order valence-corrected chi connectivity index (χ2v) is 5.35. The Kier molecular flexibility index (Phi) is 4.61. The van der Waals surface area contributed by atoms with Crippen LogP contribution in [0, 0.1) is 0 Å². The lowest BCUT2D eigenvalue weighted by Crippen LogP contribution is -2.50. The van der Waals surface area contributed by atoms with Crippen LogP contribution in [0.1, 0.15) is 19.3 Å². The number of nitrogens with one attached hydrogen (secondary N) is 2. The van der Waals surface area contributed by atoms with E-state index in [9.17, 15) is 9.59 Å². The highest BCUT2D eigenvalue weighted by Crippen LogP contribution is 2.30. The third kappa shape index (κ3) is 3.91. The van der Waals surface area contributed by atoms with Crippen molar-refractivity contribution in [2.24, 2.45) is 0 Å². The number of ether oxygens (including phenoxy) is 2. The predicted molar refractivity (Wildman–Crippen MR) is 83.7 cm³/mol. The van der Waals surface area contributed by atoms with Crippen LogP contribution in [0.4, 0.5) is 0 Å². The Hall–Kier alpha value is -2.76. The highest BCUT2D eigenvalue weighted by Gasteiger charge is 2.27. The van der Waals surface area contributed by atoms with E-state index >= 15 is 0 Å². The second kappa shape index (κ2) is 7.00. The van der Waals surface area contributed by atoms with Crippen molar-refractivity contribution in [2.45, 2.75) is 25.4 Å². The van der Waals surface area contributed by atoms with Crippen molar-refractivity contribution >= 4 is 11.8 Å². The Morgan fingerprint density at radius 2 is 2.00 bits per heavy atom. The van der Waals surface area contributed by atoms with Crippen LogP contribution in [0.5, 0.6) is 11.5 Å². The number of benzene rings is 1. The maximum Gasteiger partial charge on any atom is 0.283 e. The van der Waals surface area contributed by atoms with Gasteiger partial charge >= 0.3 is 0 Å². The molecule has 6 heteroatoms. The van der Waals surface area contributed by atoms with Gasteiger partial charge in [-0.3, -0.25) is 20.4 Å². The summed E-state index contributed by atoms with van der Waals surface area (Å²) in [5, 5.41) is 0. The highest BCUT2D eigenvalue weighted by molar-refractivity contribution is 5.91. The average Bonchev–Trinajstić information content (AvgIpc) is 3.11. The summed E-state index contributed by atoms with van der Waals surface area (Å²) in [6.45, 7) is 0.0987. The number of hydrogen-bond acceptors (Lipinski definition) is 4. The number of fused-ring (bicyclic) bond motifs is 1. The second-order valence-electron chi connectivity index (χ2n) is 5.35. The minimum absolute atomic E-state index is 0.0987. The molecule has 3 rings (SSSR count). The molecule has 0 saturated carbocycles. The molecule has 0 unspecified atom stereocenters. The molecule has 0 saturated heterocycles. The average molecular weight is 314 g/mol. The van der Waals surface area contributed by atoms with Crippen LogP contribution >= 0.6 is 0 Å². The molecule has 0 spiro atoms. The predicted octanol–water partition coefficient (Wildman–Crippen LogP) is 1.64. The monoisotopic (exact) mass is 314 g/mol. The molecule has 23 heavy (non-hydrogen) atoms. The first-order chi connectivity index (χ1) is 11.2. The molecule has 0 bridgehead atoms. The maximum absolute atomic E-state index is 12.0. The van der Waals surface area contributed by atoms with Crippen LogP contribution in [0.15, 0.2) is 48.1 Å². The van der Waals surface area contributed by atoms with E-state index in [4.69, 9.17) is 9.47 Å². The van der Waals surface area contributed by atoms with E-state index in [1.54, 1.807) is 24.3 Å². The van der Waals surface area contributed by atoms with Gasteiger partial charge in [0, 0.05) is 6.08 Å². The van der Waals surface area contributed by atoms with E-state index in [0.29, 0.717) is 11.5 Å². The van der Waals surface area contributed by atoms with E-state index < -0.39 is 12.0 Å². The fourth-order valence-electron chi connectivity index (χ4n) is 2.42. The third-order valence-corrected chi connectivity index (χ3v) is 3.63. The highest BCUT2D eigenvalue weighted by atomic mass is 16.6. The van der Waals surface area contributed by atoms with Gasteiger partial charge in [0.1, 0.15) is 6.61 Å². The van der Waals surface area contributed by atoms with Gasteiger partial charge in [-0.1, -0.05) is 29.9 Å². The lowest BCUT2D eigenvalue weighted by Gasteiger charge is -2.25. The zero-order chi connectivity index (χ0) is 16.1. The van der Waals surface area contributed by atoms with Crippen LogP contribution in [-0.4, -0.2) is 24.5 Å². The molecule has 2 amide bonds. The molecule has 1 aliphatic heterocycles. The quantitative estimate of drug-likeness (QED) is 0.657. The standard InChI is InChI=1S/C17H18N2O4/c20-16(10-9-12-5-1-2-6-12)18-19-17(21)15-11-22-13-7-3-4-8-14(13)23-15/h3-5,7-10,15H,1-2,6,11H2,(H,18,20)(H,19,21)/b10-9+/t15-/m1/s1.